The molecule has 0 atom stereocenters. The van der Waals surface area contributed by atoms with Gasteiger partial charge in [-0.25, -0.2) is 19.9 Å². The van der Waals surface area contributed by atoms with Gasteiger partial charge in [0.1, 0.15) is 17.3 Å². The van der Waals surface area contributed by atoms with Gasteiger partial charge >= 0.3 is 0 Å². The third kappa shape index (κ3) is 8.30. The highest BCUT2D eigenvalue weighted by molar-refractivity contribution is 5.97. The molecule has 4 N–H and O–H groups in total. The summed E-state index contributed by atoms with van der Waals surface area (Å²) in [6.45, 7) is 11.9. The van der Waals surface area contributed by atoms with E-state index in [2.05, 4.69) is 38.0 Å². The molecule has 16 nitrogen and oxygen atoms in total. The molecule has 6 heterocycles. The van der Waals surface area contributed by atoms with Crippen molar-refractivity contribution >= 4 is 29.5 Å². The van der Waals surface area contributed by atoms with Gasteiger partial charge < -0.3 is 40.3 Å². The zero-order valence-electron chi connectivity index (χ0n) is 34.9. The van der Waals surface area contributed by atoms with E-state index >= 15 is 0 Å². The Kier molecular flexibility index (Phi) is 11.2. The average Bonchev–Trinajstić information content (AvgIpc) is 3.91. The van der Waals surface area contributed by atoms with E-state index in [-0.39, 0.29) is 58.5 Å². The van der Waals surface area contributed by atoms with E-state index in [1.54, 1.807) is 23.4 Å². The Bertz CT molecular complexity index is 2320. The van der Waals surface area contributed by atoms with Gasteiger partial charge in [0.05, 0.1) is 43.1 Å². The highest BCUT2D eigenvalue weighted by Crippen LogP contribution is 2.38. The smallest absolute Gasteiger partial charge is 0.258 e. The molecule has 61 heavy (non-hydrogen) atoms. The molecule has 0 spiro atoms. The van der Waals surface area contributed by atoms with Crippen molar-refractivity contribution in [3.63, 3.8) is 0 Å². The average molecular weight is 831 g/mol. The molecule has 9 rings (SSSR count). The number of morpholine rings is 1. The number of nitrogens with two attached hydrogens (primary N) is 1. The summed E-state index contributed by atoms with van der Waals surface area (Å²) in [4.78, 5) is 69.6. The van der Waals surface area contributed by atoms with Crippen LogP contribution in [0.2, 0.25) is 0 Å². The van der Waals surface area contributed by atoms with Crippen LogP contribution in [-0.4, -0.2) is 120 Å². The standard InChI is InChI=1S/C45H54N10O6/c1-27(2)34-18-35(39(57)19-38(34)56)44(60)54-23-31-4-3-28(17-32(31)24-54)22-51-9-11-53(12-10-51)42(58)29-5-7-30(8-6-29)43(59)55-25-36-37(26-55)49-40(33-20-47-45(46)48-21-33)50-41(36)52-13-15-61-16-14-52/h3-4,17-21,27,29-30,56-57H,5-16,22-26H2,1-2H3,(H2,46,47,48). The predicted molar refractivity (Wildman–Crippen MR) is 226 cm³/mol. The molecular formula is C45H54N10O6. The number of piperazine rings is 1. The first-order chi connectivity index (χ1) is 29.5. The largest absolute Gasteiger partial charge is 0.508 e. The number of nitrogens with zero attached hydrogens (tertiary/aromatic N) is 9. The van der Waals surface area contributed by atoms with Crippen LogP contribution in [0.25, 0.3) is 11.4 Å². The summed E-state index contributed by atoms with van der Waals surface area (Å²) in [7, 11) is 0. The second kappa shape index (κ2) is 16.9. The number of aromatic nitrogens is 4. The molecule has 0 radical (unpaired) electrons. The van der Waals surface area contributed by atoms with E-state index in [4.69, 9.17) is 20.4 Å². The third-order valence-corrected chi connectivity index (χ3v) is 13.1. The first-order valence-electron chi connectivity index (χ1n) is 21.5. The number of hydrogen-bond acceptors (Lipinski definition) is 13. The minimum Gasteiger partial charge on any atom is -0.508 e. The number of phenols is 2. The Balaban J connectivity index is 0.758. The van der Waals surface area contributed by atoms with E-state index in [1.165, 1.54) is 6.07 Å². The summed E-state index contributed by atoms with van der Waals surface area (Å²) in [6.07, 6.45) is 6.03. The molecule has 0 unspecified atom stereocenters. The van der Waals surface area contributed by atoms with Gasteiger partial charge in [0, 0.05) is 94.8 Å². The Morgan fingerprint density at radius 3 is 2.13 bits per heavy atom. The van der Waals surface area contributed by atoms with E-state index in [1.807, 2.05) is 23.6 Å². The van der Waals surface area contributed by atoms with Crippen molar-refractivity contribution in [2.75, 3.05) is 63.1 Å². The van der Waals surface area contributed by atoms with Crippen molar-refractivity contribution < 1.29 is 29.3 Å². The molecule has 1 saturated carbocycles. The van der Waals surface area contributed by atoms with Crippen LogP contribution in [0.3, 0.4) is 0 Å². The lowest BCUT2D eigenvalue weighted by molar-refractivity contribution is -0.142. The Morgan fingerprint density at radius 2 is 1.44 bits per heavy atom. The quantitative estimate of drug-likeness (QED) is 0.231. The van der Waals surface area contributed by atoms with E-state index in [0.29, 0.717) is 108 Å². The number of aromatic hydroxyl groups is 2. The van der Waals surface area contributed by atoms with Crippen LogP contribution in [0.4, 0.5) is 11.8 Å². The Hall–Kier alpha value is -5.87. The van der Waals surface area contributed by atoms with E-state index in [9.17, 15) is 24.6 Å². The number of benzene rings is 2. The number of rotatable bonds is 8. The van der Waals surface area contributed by atoms with Crippen molar-refractivity contribution in [1.29, 1.82) is 0 Å². The molecule has 5 aliphatic rings. The zero-order chi connectivity index (χ0) is 42.4. The van der Waals surface area contributed by atoms with Crippen LogP contribution in [0.1, 0.15) is 89.3 Å². The fourth-order valence-electron chi connectivity index (χ4n) is 9.59. The van der Waals surface area contributed by atoms with Crippen molar-refractivity contribution in [2.24, 2.45) is 11.8 Å². The molecular weight excluding hydrogens is 777 g/mol. The maximum Gasteiger partial charge on any atom is 0.258 e. The number of nitrogen functional groups attached to an aromatic ring is 1. The maximum atomic E-state index is 14.0. The molecule has 1 aliphatic carbocycles. The van der Waals surface area contributed by atoms with Gasteiger partial charge in [-0.05, 0) is 59.9 Å². The minimum atomic E-state index is -0.259. The summed E-state index contributed by atoms with van der Waals surface area (Å²) in [5.41, 5.74) is 12.4. The van der Waals surface area contributed by atoms with Crippen LogP contribution >= 0.6 is 0 Å². The number of fused-ring (bicyclic) bond motifs is 2. The first-order valence-corrected chi connectivity index (χ1v) is 21.5. The monoisotopic (exact) mass is 830 g/mol. The number of carbonyl (C=O) groups is 3. The predicted octanol–water partition coefficient (Wildman–Crippen LogP) is 4.04. The molecule has 2 aromatic heterocycles. The number of anilines is 2. The SMILES string of the molecule is CC(C)c1cc(C(=O)N2Cc3ccc(CN4CCN(C(=O)C5CCC(C(=O)N6Cc7nc(-c8cnc(N)nc8)nc(N8CCOCC8)c7C6)CC5)CC4)cc3C2)c(O)cc1O. The first kappa shape index (κ1) is 40.5. The van der Waals surface area contributed by atoms with Crippen molar-refractivity contribution in [3.8, 4) is 22.9 Å². The van der Waals surface area contributed by atoms with Gasteiger partial charge in [-0.15, -0.1) is 0 Å². The minimum absolute atomic E-state index is 0.00448. The van der Waals surface area contributed by atoms with E-state index < -0.39 is 0 Å². The lowest BCUT2D eigenvalue weighted by atomic mass is 9.80. The molecule has 2 saturated heterocycles. The van der Waals surface area contributed by atoms with Crippen LogP contribution in [0.15, 0.2) is 42.7 Å². The summed E-state index contributed by atoms with van der Waals surface area (Å²) in [5.74, 6) is 1.15. The molecule has 320 valence electrons. The van der Waals surface area contributed by atoms with Crippen molar-refractivity contribution in [1.82, 2.24) is 39.5 Å². The Labute approximate surface area is 355 Å². The molecule has 4 aliphatic heterocycles. The lowest BCUT2D eigenvalue weighted by Gasteiger charge is -2.38. The van der Waals surface area contributed by atoms with E-state index in [0.717, 1.165) is 53.4 Å². The van der Waals surface area contributed by atoms with Gasteiger partial charge in [0.15, 0.2) is 5.82 Å². The highest BCUT2D eigenvalue weighted by atomic mass is 16.5. The Morgan fingerprint density at radius 1 is 0.770 bits per heavy atom. The molecule has 4 aromatic rings. The zero-order valence-corrected chi connectivity index (χ0v) is 34.9. The molecule has 3 amide bonds. The molecule has 16 heteroatoms. The van der Waals surface area contributed by atoms with Crippen LogP contribution < -0.4 is 10.6 Å². The lowest BCUT2D eigenvalue weighted by Crippen LogP contribution is -2.50. The maximum absolute atomic E-state index is 14.0. The van der Waals surface area contributed by atoms with Gasteiger partial charge in [0.25, 0.3) is 5.91 Å². The number of hydrogen-bond donors (Lipinski definition) is 3. The molecule has 2 aromatic carbocycles. The second-order valence-corrected chi connectivity index (χ2v) is 17.4. The fraction of sp³-hybridized carbons (Fsp3) is 0.489. The molecule has 0 bridgehead atoms. The number of ether oxygens (including phenoxy) is 1. The topological polar surface area (TPSA) is 195 Å². The third-order valence-electron chi connectivity index (χ3n) is 13.1. The van der Waals surface area contributed by atoms with Crippen LogP contribution in [0, 0.1) is 11.8 Å². The van der Waals surface area contributed by atoms with Gasteiger partial charge in [0.2, 0.25) is 17.8 Å². The number of amides is 3. The summed E-state index contributed by atoms with van der Waals surface area (Å²) < 4.78 is 5.61. The number of carbonyl (C=O) groups excluding carboxylic acids is 3. The summed E-state index contributed by atoms with van der Waals surface area (Å²) in [6, 6.07) is 9.23. The van der Waals surface area contributed by atoms with Gasteiger partial charge in [-0.1, -0.05) is 32.0 Å². The van der Waals surface area contributed by atoms with Gasteiger partial charge in [-0.3, -0.25) is 19.3 Å². The second-order valence-electron chi connectivity index (χ2n) is 17.4. The van der Waals surface area contributed by atoms with Crippen LogP contribution in [-0.2, 0) is 47.0 Å². The van der Waals surface area contributed by atoms with Crippen LogP contribution in [0.5, 0.6) is 11.5 Å². The van der Waals surface area contributed by atoms with Gasteiger partial charge in [-0.2, -0.15) is 0 Å². The summed E-state index contributed by atoms with van der Waals surface area (Å²) in [5, 5.41) is 20.8. The van der Waals surface area contributed by atoms with Crippen molar-refractivity contribution in [2.45, 2.75) is 78.2 Å². The van der Waals surface area contributed by atoms with Crippen molar-refractivity contribution in [3.05, 3.63) is 81.8 Å². The highest BCUT2D eigenvalue weighted by Gasteiger charge is 2.38. The normalized spacial score (nSPS) is 20.6. The molecule has 3 fully saturated rings. The fourth-order valence-corrected chi connectivity index (χ4v) is 9.59. The number of phenolic OH excluding ortho intramolecular Hbond substituents is 2. The summed E-state index contributed by atoms with van der Waals surface area (Å²) >= 11 is 0.